The highest BCUT2D eigenvalue weighted by molar-refractivity contribution is 6.32. The number of rotatable bonds is 0. The van der Waals surface area contributed by atoms with Crippen molar-refractivity contribution in [2.75, 3.05) is 20.1 Å². The number of hydrogen-bond donors (Lipinski definition) is 1. The van der Waals surface area contributed by atoms with Gasteiger partial charge in [-0.05, 0) is 43.1 Å². The van der Waals surface area contributed by atoms with E-state index in [1.165, 1.54) is 11.1 Å². The van der Waals surface area contributed by atoms with E-state index in [1.807, 2.05) is 42.5 Å². The van der Waals surface area contributed by atoms with Crippen LogP contribution in [0.5, 0.6) is 5.75 Å². The molecule has 2 nitrogen and oxygen atoms in total. The van der Waals surface area contributed by atoms with Crippen molar-refractivity contribution in [2.45, 2.75) is 12.8 Å². The molecule has 3 heteroatoms. The van der Waals surface area contributed by atoms with Crippen LogP contribution in [0.15, 0.2) is 48.5 Å². The first-order valence-corrected chi connectivity index (χ1v) is 7.23. The summed E-state index contributed by atoms with van der Waals surface area (Å²) in [5, 5.41) is 9.95. The van der Waals surface area contributed by atoms with Gasteiger partial charge in [0.2, 0.25) is 0 Å². The number of nitrogens with zero attached hydrogens (tertiary/aromatic N) is 1. The number of fused-ring (bicyclic) bond motifs is 1. The summed E-state index contributed by atoms with van der Waals surface area (Å²) >= 11 is 5.87. The third kappa shape index (κ3) is 4.26. The number of halogens is 1. The first-order valence-electron chi connectivity index (χ1n) is 6.85. The minimum atomic E-state index is 0.204. The van der Waals surface area contributed by atoms with E-state index in [9.17, 15) is 5.11 Å². The summed E-state index contributed by atoms with van der Waals surface area (Å²) in [6.07, 6.45) is 2.02. The SMILES string of the molecule is CN1CCc2cc(O)c(Cl)cc2CC1.c1ccccc1. The molecule has 106 valence electrons. The van der Waals surface area contributed by atoms with Crippen molar-refractivity contribution >= 4 is 11.6 Å². The van der Waals surface area contributed by atoms with Gasteiger partial charge in [-0.1, -0.05) is 48.0 Å². The van der Waals surface area contributed by atoms with Crippen LogP contribution in [0.25, 0.3) is 0 Å². The summed E-state index contributed by atoms with van der Waals surface area (Å²) in [6, 6.07) is 15.7. The Kier molecular flexibility index (Phi) is 5.45. The topological polar surface area (TPSA) is 23.5 Å². The Morgan fingerprint density at radius 1 is 0.900 bits per heavy atom. The highest BCUT2D eigenvalue weighted by Gasteiger charge is 2.13. The van der Waals surface area contributed by atoms with Crippen LogP contribution in [0.4, 0.5) is 0 Å². The summed E-state index contributed by atoms with van der Waals surface area (Å²) in [6.45, 7) is 2.11. The van der Waals surface area contributed by atoms with Gasteiger partial charge in [-0.25, -0.2) is 0 Å². The molecule has 0 amide bonds. The number of phenols is 1. The molecule has 3 rings (SSSR count). The number of benzene rings is 2. The molecule has 0 unspecified atom stereocenters. The molecule has 0 radical (unpaired) electrons. The molecule has 1 aliphatic rings. The first kappa shape index (κ1) is 14.9. The van der Waals surface area contributed by atoms with E-state index in [-0.39, 0.29) is 5.75 Å². The van der Waals surface area contributed by atoms with E-state index < -0.39 is 0 Å². The van der Waals surface area contributed by atoms with Crippen molar-refractivity contribution in [2.24, 2.45) is 0 Å². The van der Waals surface area contributed by atoms with Crippen molar-refractivity contribution in [3.63, 3.8) is 0 Å². The smallest absolute Gasteiger partial charge is 0.134 e. The molecule has 0 spiro atoms. The molecule has 0 atom stereocenters. The van der Waals surface area contributed by atoms with Gasteiger partial charge in [-0.2, -0.15) is 0 Å². The Hall–Kier alpha value is -1.51. The predicted molar refractivity (Wildman–Crippen MR) is 84.5 cm³/mol. The molecule has 20 heavy (non-hydrogen) atoms. The summed E-state index contributed by atoms with van der Waals surface area (Å²) in [5.41, 5.74) is 2.51. The van der Waals surface area contributed by atoms with Crippen molar-refractivity contribution in [3.05, 3.63) is 64.7 Å². The van der Waals surface area contributed by atoms with Gasteiger partial charge in [0.25, 0.3) is 0 Å². The molecule has 1 N–H and O–H groups in total. The van der Waals surface area contributed by atoms with Crippen LogP contribution >= 0.6 is 11.6 Å². The van der Waals surface area contributed by atoms with Crippen LogP contribution in [0.2, 0.25) is 5.02 Å². The monoisotopic (exact) mass is 289 g/mol. The standard InChI is InChI=1S/C11H14ClNO.C6H6/c1-13-4-2-8-6-10(12)11(14)7-9(8)3-5-13;1-2-4-6-5-3-1/h6-7,14H,2-5H2,1H3;1-6H. The van der Waals surface area contributed by atoms with Crippen LogP contribution in [-0.4, -0.2) is 30.1 Å². The lowest BCUT2D eigenvalue weighted by atomic mass is 10.0. The van der Waals surface area contributed by atoms with Gasteiger partial charge >= 0.3 is 0 Å². The van der Waals surface area contributed by atoms with E-state index in [2.05, 4.69) is 11.9 Å². The highest BCUT2D eigenvalue weighted by Crippen LogP contribution is 2.28. The van der Waals surface area contributed by atoms with E-state index in [0.29, 0.717) is 5.02 Å². The minimum absolute atomic E-state index is 0.204. The fourth-order valence-electron chi connectivity index (χ4n) is 2.23. The maximum atomic E-state index is 9.49. The van der Waals surface area contributed by atoms with E-state index >= 15 is 0 Å². The molecule has 0 saturated heterocycles. The van der Waals surface area contributed by atoms with Crippen LogP contribution in [-0.2, 0) is 12.8 Å². The Balaban J connectivity index is 0.000000205. The Bertz CT molecular complexity index is 482. The Morgan fingerprint density at radius 3 is 1.85 bits per heavy atom. The number of phenolic OH excluding ortho intramolecular Hbond substituents is 1. The summed E-state index contributed by atoms with van der Waals surface area (Å²) in [7, 11) is 2.12. The summed E-state index contributed by atoms with van der Waals surface area (Å²) in [4.78, 5) is 2.30. The van der Waals surface area contributed by atoms with Gasteiger partial charge in [0, 0.05) is 13.1 Å². The normalized spacial score (nSPS) is 14.7. The molecular weight excluding hydrogens is 270 g/mol. The molecule has 0 fully saturated rings. The zero-order valence-electron chi connectivity index (χ0n) is 11.7. The van der Waals surface area contributed by atoms with Crippen LogP contribution in [0.1, 0.15) is 11.1 Å². The first-order chi connectivity index (χ1) is 9.66. The van der Waals surface area contributed by atoms with Crippen LogP contribution < -0.4 is 0 Å². The lowest BCUT2D eigenvalue weighted by Crippen LogP contribution is -2.20. The second-order valence-electron chi connectivity index (χ2n) is 5.03. The Labute approximate surface area is 125 Å². The average Bonchev–Trinajstić information content (AvgIpc) is 2.65. The lowest BCUT2D eigenvalue weighted by Gasteiger charge is -2.10. The second-order valence-corrected chi connectivity index (χ2v) is 5.44. The lowest BCUT2D eigenvalue weighted by molar-refractivity contribution is 0.352. The van der Waals surface area contributed by atoms with Gasteiger partial charge in [0.05, 0.1) is 5.02 Å². The Morgan fingerprint density at radius 2 is 1.35 bits per heavy atom. The zero-order chi connectivity index (χ0) is 14.4. The summed E-state index contributed by atoms with van der Waals surface area (Å²) < 4.78 is 0. The molecule has 0 aliphatic carbocycles. The highest BCUT2D eigenvalue weighted by atomic mass is 35.5. The van der Waals surface area contributed by atoms with Crippen molar-refractivity contribution < 1.29 is 5.11 Å². The van der Waals surface area contributed by atoms with Crippen molar-refractivity contribution in [3.8, 4) is 5.75 Å². The van der Waals surface area contributed by atoms with E-state index in [0.717, 1.165) is 25.9 Å². The molecular formula is C17H20ClNO. The largest absolute Gasteiger partial charge is 0.506 e. The molecule has 0 aromatic heterocycles. The third-order valence-corrected chi connectivity index (χ3v) is 3.76. The van der Waals surface area contributed by atoms with Crippen LogP contribution in [0.3, 0.4) is 0 Å². The van der Waals surface area contributed by atoms with Gasteiger partial charge in [0.1, 0.15) is 5.75 Å². The summed E-state index contributed by atoms with van der Waals surface area (Å²) in [5.74, 6) is 0.204. The molecule has 2 aromatic rings. The molecule has 1 aliphatic heterocycles. The molecule has 0 bridgehead atoms. The zero-order valence-corrected chi connectivity index (χ0v) is 12.5. The molecule has 1 heterocycles. The van der Waals surface area contributed by atoms with E-state index in [4.69, 9.17) is 11.6 Å². The fourth-order valence-corrected chi connectivity index (χ4v) is 2.42. The number of hydrogen-bond acceptors (Lipinski definition) is 2. The van der Waals surface area contributed by atoms with Crippen molar-refractivity contribution in [1.82, 2.24) is 4.90 Å². The second kappa shape index (κ2) is 7.32. The number of likely N-dealkylation sites (N-methyl/N-ethyl adjacent to an activating group) is 1. The number of aromatic hydroxyl groups is 1. The van der Waals surface area contributed by atoms with Gasteiger partial charge < -0.3 is 10.0 Å². The molecule has 2 aromatic carbocycles. The van der Waals surface area contributed by atoms with E-state index in [1.54, 1.807) is 6.07 Å². The quantitative estimate of drug-likeness (QED) is 0.798. The van der Waals surface area contributed by atoms with Gasteiger partial charge in [0.15, 0.2) is 0 Å². The van der Waals surface area contributed by atoms with Crippen molar-refractivity contribution in [1.29, 1.82) is 0 Å². The molecule has 0 saturated carbocycles. The predicted octanol–water partition coefficient (Wildman–Crippen LogP) is 3.76. The van der Waals surface area contributed by atoms with Gasteiger partial charge in [-0.15, -0.1) is 0 Å². The maximum Gasteiger partial charge on any atom is 0.134 e. The fraction of sp³-hybridized carbons (Fsp3) is 0.294. The van der Waals surface area contributed by atoms with Crippen LogP contribution in [0, 0.1) is 0 Å². The minimum Gasteiger partial charge on any atom is -0.506 e. The maximum absolute atomic E-state index is 9.49. The average molecular weight is 290 g/mol. The van der Waals surface area contributed by atoms with Gasteiger partial charge in [-0.3, -0.25) is 0 Å². The third-order valence-electron chi connectivity index (χ3n) is 3.46.